The minimum absolute atomic E-state index is 0.133. The number of rotatable bonds is 2. The number of likely N-dealkylation sites (tertiary alicyclic amines) is 1. The zero-order chi connectivity index (χ0) is 12.4. The monoisotopic (exact) mass is 252 g/mol. The Kier molecular flexibility index (Phi) is 3.85. The third-order valence-electron chi connectivity index (χ3n) is 4.72. The Morgan fingerprint density at radius 2 is 1.94 bits per heavy atom. The fraction of sp³-hybridized carbons (Fsp3) is 0.929. The zero-order valence-corrected chi connectivity index (χ0v) is 11.1. The highest BCUT2D eigenvalue weighted by Crippen LogP contribution is 2.26. The fourth-order valence-corrected chi connectivity index (χ4v) is 3.61. The van der Waals surface area contributed by atoms with Crippen LogP contribution in [0.3, 0.4) is 0 Å². The molecule has 0 spiro atoms. The van der Waals surface area contributed by atoms with Crippen molar-refractivity contribution in [2.75, 3.05) is 26.2 Å². The van der Waals surface area contributed by atoms with E-state index in [4.69, 9.17) is 4.74 Å². The number of ether oxygens (including phenoxy) is 1. The molecule has 1 N–H and O–H groups in total. The second kappa shape index (κ2) is 5.57. The lowest BCUT2D eigenvalue weighted by Gasteiger charge is -2.35. The molecule has 1 amide bonds. The average molecular weight is 252 g/mol. The van der Waals surface area contributed by atoms with Gasteiger partial charge in [-0.1, -0.05) is 0 Å². The van der Waals surface area contributed by atoms with Gasteiger partial charge in [-0.15, -0.1) is 0 Å². The van der Waals surface area contributed by atoms with E-state index >= 15 is 0 Å². The molecule has 4 nitrogen and oxygen atoms in total. The summed E-state index contributed by atoms with van der Waals surface area (Å²) in [7, 11) is 0. The maximum atomic E-state index is 12.2. The van der Waals surface area contributed by atoms with E-state index in [1.165, 1.54) is 19.4 Å². The fourth-order valence-electron chi connectivity index (χ4n) is 3.61. The van der Waals surface area contributed by atoms with Crippen LogP contribution in [-0.2, 0) is 9.53 Å². The minimum atomic E-state index is -0.133. The summed E-state index contributed by atoms with van der Waals surface area (Å²) in [5.74, 6) is 1.02. The normalized spacial score (nSPS) is 34.1. The summed E-state index contributed by atoms with van der Waals surface area (Å²) in [4.78, 5) is 14.2. The Hall–Kier alpha value is -0.610. The first-order chi connectivity index (χ1) is 8.84. The molecule has 0 radical (unpaired) electrons. The molecule has 1 unspecified atom stereocenters. The van der Waals surface area contributed by atoms with Crippen molar-refractivity contribution in [1.82, 2.24) is 10.2 Å². The van der Waals surface area contributed by atoms with Gasteiger partial charge in [-0.25, -0.2) is 0 Å². The third-order valence-corrected chi connectivity index (χ3v) is 4.72. The van der Waals surface area contributed by atoms with Crippen molar-refractivity contribution in [3.63, 3.8) is 0 Å². The number of carbonyl (C=O) groups excluding carboxylic acids is 1. The third kappa shape index (κ3) is 2.54. The van der Waals surface area contributed by atoms with Gasteiger partial charge in [0.05, 0.1) is 0 Å². The molecule has 0 saturated carbocycles. The van der Waals surface area contributed by atoms with Crippen LogP contribution < -0.4 is 5.32 Å². The lowest BCUT2D eigenvalue weighted by Crippen LogP contribution is -2.46. The lowest BCUT2D eigenvalue weighted by molar-refractivity contribution is -0.142. The van der Waals surface area contributed by atoms with E-state index in [0.29, 0.717) is 6.04 Å². The molecule has 0 bridgehead atoms. The number of hydrogen-bond acceptors (Lipinski definition) is 3. The van der Waals surface area contributed by atoms with Crippen molar-refractivity contribution in [3.05, 3.63) is 0 Å². The summed E-state index contributed by atoms with van der Waals surface area (Å²) < 4.78 is 5.49. The molecule has 3 fully saturated rings. The molecule has 4 heteroatoms. The van der Waals surface area contributed by atoms with Crippen molar-refractivity contribution in [3.8, 4) is 0 Å². The van der Waals surface area contributed by atoms with Crippen LogP contribution in [0, 0.1) is 5.92 Å². The van der Waals surface area contributed by atoms with Crippen molar-refractivity contribution in [2.24, 2.45) is 5.92 Å². The van der Waals surface area contributed by atoms with Gasteiger partial charge in [0.1, 0.15) is 6.10 Å². The molecule has 0 aliphatic carbocycles. The van der Waals surface area contributed by atoms with Gasteiger partial charge in [-0.2, -0.15) is 0 Å². The smallest absolute Gasteiger partial charge is 0.251 e. The Labute approximate surface area is 109 Å². The highest BCUT2D eigenvalue weighted by Gasteiger charge is 2.33. The first-order valence-electron chi connectivity index (χ1n) is 7.48. The maximum Gasteiger partial charge on any atom is 0.251 e. The van der Waals surface area contributed by atoms with Crippen LogP contribution in [0.5, 0.6) is 0 Å². The van der Waals surface area contributed by atoms with E-state index in [1.807, 2.05) is 4.90 Å². The predicted molar refractivity (Wildman–Crippen MR) is 69.3 cm³/mol. The summed E-state index contributed by atoms with van der Waals surface area (Å²) >= 11 is 0. The van der Waals surface area contributed by atoms with Crippen molar-refractivity contribution in [2.45, 2.75) is 50.7 Å². The molecule has 2 atom stereocenters. The molecule has 18 heavy (non-hydrogen) atoms. The molecular weight excluding hydrogens is 228 g/mol. The first kappa shape index (κ1) is 12.4. The molecule has 3 heterocycles. The molecule has 0 aromatic rings. The van der Waals surface area contributed by atoms with Gasteiger partial charge in [0.15, 0.2) is 0 Å². The van der Waals surface area contributed by atoms with Crippen molar-refractivity contribution in [1.29, 1.82) is 0 Å². The van der Waals surface area contributed by atoms with Crippen LogP contribution in [0.25, 0.3) is 0 Å². The van der Waals surface area contributed by atoms with Crippen molar-refractivity contribution >= 4 is 5.91 Å². The molecular formula is C14H24N2O2. The topological polar surface area (TPSA) is 41.6 Å². The Morgan fingerprint density at radius 1 is 1.11 bits per heavy atom. The number of piperidine rings is 1. The quantitative estimate of drug-likeness (QED) is 0.802. The minimum Gasteiger partial charge on any atom is -0.368 e. The number of amides is 1. The van der Waals surface area contributed by atoms with E-state index < -0.39 is 0 Å². The molecule has 3 saturated heterocycles. The Bertz CT molecular complexity index is 288. The van der Waals surface area contributed by atoms with E-state index in [0.717, 1.165) is 51.3 Å². The van der Waals surface area contributed by atoms with Crippen LogP contribution in [0.1, 0.15) is 38.5 Å². The van der Waals surface area contributed by atoms with E-state index in [1.54, 1.807) is 0 Å². The summed E-state index contributed by atoms with van der Waals surface area (Å²) in [6.45, 7) is 3.81. The van der Waals surface area contributed by atoms with Crippen LogP contribution in [-0.4, -0.2) is 49.2 Å². The number of carbonyl (C=O) groups is 1. The average Bonchev–Trinajstić information content (AvgIpc) is 3.11. The van der Waals surface area contributed by atoms with Crippen molar-refractivity contribution < 1.29 is 9.53 Å². The van der Waals surface area contributed by atoms with E-state index in [2.05, 4.69) is 5.32 Å². The highest BCUT2D eigenvalue weighted by atomic mass is 16.5. The molecule has 0 aromatic carbocycles. The van der Waals surface area contributed by atoms with Gasteiger partial charge in [-0.05, 0) is 51.0 Å². The summed E-state index contributed by atoms with van der Waals surface area (Å²) in [5, 5.41) is 3.60. The van der Waals surface area contributed by atoms with Gasteiger partial charge in [0.2, 0.25) is 0 Å². The van der Waals surface area contributed by atoms with E-state index in [9.17, 15) is 4.79 Å². The number of nitrogens with one attached hydrogen (secondary N) is 1. The maximum absolute atomic E-state index is 12.2. The highest BCUT2D eigenvalue weighted by molar-refractivity contribution is 5.81. The largest absolute Gasteiger partial charge is 0.368 e. The van der Waals surface area contributed by atoms with Crippen LogP contribution in [0.2, 0.25) is 0 Å². The van der Waals surface area contributed by atoms with Crippen LogP contribution in [0.15, 0.2) is 0 Å². The summed E-state index contributed by atoms with van der Waals surface area (Å²) in [6.07, 6.45) is 6.80. The van der Waals surface area contributed by atoms with Gasteiger partial charge in [-0.3, -0.25) is 4.79 Å². The molecule has 3 rings (SSSR count). The summed E-state index contributed by atoms with van der Waals surface area (Å²) in [6, 6.07) is 0.713. The van der Waals surface area contributed by atoms with Gasteiger partial charge < -0.3 is 15.0 Å². The predicted octanol–water partition coefficient (Wildman–Crippen LogP) is 1.16. The molecule has 3 aliphatic rings. The second-order valence-corrected chi connectivity index (χ2v) is 5.87. The van der Waals surface area contributed by atoms with Crippen LogP contribution >= 0.6 is 0 Å². The molecule has 0 aromatic heterocycles. The first-order valence-corrected chi connectivity index (χ1v) is 7.48. The molecule has 102 valence electrons. The summed E-state index contributed by atoms with van der Waals surface area (Å²) in [5.41, 5.74) is 0. The van der Waals surface area contributed by atoms with Gasteiger partial charge >= 0.3 is 0 Å². The molecule has 3 aliphatic heterocycles. The number of nitrogens with zero attached hydrogens (tertiary/aromatic N) is 1. The van der Waals surface area contributed by atoms with E-state index in [-0.39, 0.29) is 12.0 Å². The number of hydrogen-bond donors (Lipinski definition) is 1. The van der Waals surface area contributed by atoms with Gasteiger partial charge in [0, 0.05) is 25.7 Å². The SMILES string of the molecule is O=C([C@@H]1CCCO1)N1CCC(C2CCCN2)CC1. The lowest BCUT2D eigenvalue weighted by atomic mass is 9.88. The zero-order valence-electron chi connectivity index (χ0n) is 11.1. The van der Waals surface area contributed by atoms with Crippen LogP contribution in [0.4, 0.5) is 0 Å². The Balaban J connectivity index is 1.48. The second-order valence-electron chi connectivity index (χ2n) is 5.87. The standard InChI is InChI=1S/C14H24N2O2/c17-14(13-4-2-10-18-13)16-8-5-11(6-9-16)12-3-1-7-15-12/h11-13,15H,1-10H2/t12?,13-/m0/s1. The Morgan fingerprint density at radius 3 is 2.56 bits per heavy atom. The van der Waals surface area contributed by atoms with Gasteiger partial charge in [0.25, 0.3) is 5.91 Å².